The Kier molecular flexibility index (Phi) is 2.10. The fraction of sp³-hybridized carbons (Fsp3) is 0.231. The van der Waals surface area contributed by atoms with Gasteiger partial charge in [0, 0.05) is 24.6 Å². The van der Waals surface area contributed by atoms with Gasteiger partial charge in [0.05, 0.1) is 12.2 Å². The zero-order chi connectivity index (χ0) is 11.0. The predicted octanol–water partition coefficient (Wildman–Crippen LogP) is 2.07. The van der Waals surface area contributed by atoms with E-state index in [1.54, 1.807) is 0 Å². The molecule has 3 nitrogen and oxygen atoms in total. The van der Waals surface area contributed by atoms with Gasteiger partial charge in [-0.25, -0.2) is 4.98 Å². The maximum atomic E-state index is 11.3. The van der Waals surface area contributed by atoms with Crippen LogP contribution < -0.4 is 0 Å². The lowest BCUT2D eigenvalue weighted by molar-refractivity contribution is -0.120. The summed E-state index contributed by atoms with van der Waals surface area (Å²) in [6, 6.07) is 10.1. The van der Waals surface area contributed by atoms with Crippen LogP contribution in [-0.4, -0.2) is 15.3 Å². The van der Waals surface area contributed by atoms with Crippen molar-refractivity contribution < 1.29 is 4.79 Å². The number of rotatable bonds is 1. The van der Waals surface area contributed by atoms with E-state index in [1.165, 1.54) is 0 Å². The molecule has 16 heavy (non-hydrogen) atoms. The molecule has 1 aliphatic rings. The average molecular weight is 212 g/mol. The minimum Gasteiger partial charge on any atom is -0.327 e. The zero-order valence-electron chi connectivity index (χ0n) is 8.89. The standard InChI is InChI=1S/C13H12N2O/c16-11-6-7-13-14-12(9-15(13)8-11)10-4-2-1-3-5-10/h1-5,9H,6-8H2. The van der Waals surface area contributed by atoms with Crippen molar-refractivity contribution in [3.63, 3.8) is 0 Å². The lowest BCUT2D eigenvalue weighted by Gasteiger charge is -2.11. The van der Waals surface area contributed by atoms with Crippen LogP contribution in [0.5, 0.6) is 0 Å². The monoisotopic (exact) mass is 212 g/mol. The van der Waals surface area contributed by atoms with Crippen LogP contribution in [0.15, 0.2) is 36.5 Å². The summed E-state index contributed by atoms with van der Waals surface area (Å²) in [5.41, 5.74) is 2.07. The highest BCUT2D eigenvalue weighted by Crippen LogP contribution is 2.21. The summed E-state index contributed by atoms with van der Waals surface area (Å²) in [6.45, 7) is 0.481. The van der Waals surface area contributed by atoms with Gasteiger partial charge in [-0.2, -0.15) is 0 Å². The molecule has 1 aromatic carbocycles. The molecule has 0 fully saturated rings. The molecule has 80 valence electrons. The summed E-state index contributed by atoms with van der Waals surface area (Å²) >= 11 is 0. The Morgan fingerprint density at radius 3 is 2.75 bits per heavy atom. The van der Waals surface area contributed by atoms with Gasteiger partial charge in [0.15, 0.2) is 5.78 Å². The quantitative estimate of drug-likeness (QED) is 0.725. The molecule has 1 aliphatic heterocycles. The van der Waals surface area contributed by atoms with Crippen molar-refractivity contribution >= 4 is 5.78 Å². The number of imidazole rings is 1. The molecule has 3 heteroatoms. The van der Waals surface area contributed by atoms with Crippen molar-refractivity contribution in [1.82, 2.24) is 9.55 Å². The molecule has 0 N–H and O–H groups in total. The minimum absolute atomic E-state index is 0.296. The summed E-state index contributed by atoms with van der Waals surface area (Å²) in [5.74, 6) is 1.32. The number of Topliss-reactive ketones (excluding diaryl/α,β-unsaturated/α-hetero) is 1. The number of carbonyl (C=O) groups excluding carboxylic acids is 1. The van der Waals surface area contributed by atoms with E-state index >= 15 is 0 Å². The molecule has 0 saturated carbocycles. The average Bonchev–Trinajstić information content (AvgIpc) is 2.73. The van der Waals surface area contributed by atoms with Crippen LogP contribution in [0.3, 0.4) is 0 Å². The Bertz CT molecular complexity index is 528. The molecule has 2 aromatic rings. The number of fused-ring (bicyclic) bond motifs is 1. The fourth-order valence-electron chi connectivity index (χ4n) is 2.06. The first-order chi connectivity index (χ1) is 7.83. The van der Waals surface area contributed by atoms with Crippen LogP contribution in [0.4, 0.5) is 0 Å². The van der Waals surface area contributed by atoms with Crippen LogP contribution in [0.25, 0.3) is 11.3 Å². The van der Waals surface area contributed by atoms with Gasteiger partial charge in [-0.3, -0.25) is 4.79 Å². The Balaban J connectivity index is 2.02. The summed E-state index contributed by atoms with van der Waals surface area (Å²) < 4.78 is 1.97. The van der Waals surface area contributed by atoms with Gasteiger partial charge < -0.3 is 4.57 Å². The molecule has 2 heterocycles. The number of ketones is 1. The zero-order valence-corrected chi connectivity index (χ0v) is 8.89. The molecule has 1 aromatic heterocycles. The van der Waals surface area contributed by atoms with Crippen molar-refractivity contribution in [2.24, 2.45) is 0 Å². The Morgan fingerprint density at radius 1 is 1.12 bits per heavy atom. The SMILES string of the molecule is O=C1CCc2nc(-c3ccccc3)cn2C1. The van der Waals surface area contributed by atoms with E-state index in [-0.39, 0.29) is 0 Å². The topological polar surface area (TPSA) is 34.9 Å². The minimum atomic E-state index is 0.296. The van der Waals surface area contributed by atoms with Crippen LogP contribution in [0, 0.1) is 0 Å². The number of nitrogens with zero attached hydrogens (tertiary/aromatic N) is 2. The van der Waals surface area contributed by atoms with E-state index in [0.717, 1.165) is 23.5 Å². The summed E-state index contributed by atoms with van der Waals surface area (Å²) in [6.07, 6.45) is 3.37. The Labute approximate surface area is 93.7 Å². The third-order valence-electron chi connectivity index (χ3n) is 2.90. The van der Waals surface area contributed by atoms with Crippen molar-refractivity contribution in [2.45, 2.75) is 19.4 Å². The Morgan fingerprint density at radius 2 is 1.94 bits per heavy atom. The Hall–Kier alpha value is -1.90. The highest BCUT2D eigenvalue weighted by molar-refractivity contribution is 5.79. The lowest BCUT2D eigenvalue weighted by Crippen LogP contribution is -2.18. The number of aromatic nitrogens is 2. The van der Waals surface area contributed by atoms with Crippen LogP contribution >= 0.6 is 0 Å². The first-order valence-electron chi connectivity index (χ1n) is 5.46. The van der Waals surface area contributed by atoms with Crippen molar-refractivity contribution in [2.75, 3.05) is 0 Å². The number of benzene rings is 1. The van der Waals surface area contributed by atoms with Crippen molar-refractivity contribution in [3.8, 4) is 11.3 Å². The highest BCUT2D eigenvalue weighted by atomic mass is 16.1. The van der Waals surface area contributed by atoms with E-state index in [4.69, 9.17) is 0 Å². The van der Waals surface area contributed by atoms with Gasteiger partial charge in [-0.15, -0.1) is 0 Å². The third-order valence-corrected chi connectivity index (χ3v) is 2.90. The molecule has 0 radical (unpaired) electrons. The number of hydrogen-bond donors (Lipinski definition) is 0. The molecule has 0 spiro atoms. The second-order valence-electron chi connectivity index (χ2n) is 4.07. The predicted molar refractivity (Wildman–Crippen MR) is 61.0 cm³/mol. The number of hydrogen-bond acceptors (Lipinski definition) is 2. The fourth-order valence-corrected chi connectivity index (χ4v) is 2.06. The molecule has 0 atom stereocenters. The maximum absolute atomic E-state index is 11.3. The lowest BCUT2D eigenvalue weighted by atomic mass is 10.1. The summed E-state index contributed by atoms with van der Waals surface area (Å²) in [4.78, 5) is 15.9. The van der Waals surface area contributed by atoms with Crippen LogP contribution in [-0.2, 0) is 17.8 Å². The third kappa shape index (κ3) is 1.54. The maximum Gasteiger partial charge on any atom is 0.153 e. The van der Waals surface area contributed by atoms with E-state index in [0.29, 0.717) is 18.7 Å². The van der Waals surface area contributed by atoms with Gasteiger partial charge >= 0.3 is 0 Å². The van der Waals surface area contributed by atoms with Crippen LogP contribution in [0.1, 0.15) is 12.2 Å². The van der Waals surface area contributed by atoms with Gasteiger partial charge in [-0.1, -0.05) is 30.3 Å². The largest absolute Gasteiger partial charge is 0.327 e. The molecule has 0 amide bonds. The molecular formula is C13H12N2O. The number of carbonyl (C=O) groups is 1. The summed E-state index contributed by atoms with van der Waals surface area (Å²) in [7, 11) is 0. The first-order valence-corrected chi connectivity index (χ1v) is 5.46. The number of aryl methyl sites for hydroxylation is 1. The first kappa shape index (κ1) is 9.33. The second kappa shape index (κ2) is 3.59. The van der Waals surface area contributed by atoms with E-state index in [1.807, 2.05) is 41.1 Å². The molecular weight excluding hydrogens is 200 g/mol. The van der Waals surface area contributed by atoms with E-state index < -0.39 is 0 Å². The molecule has 3 rings (SSSR count). The van der Waals surface area contributed by atoms with Crippen molar-refractivity contribution in [3.05, 3.63) is 42.4 Å². The van der Waals surface area contributed by atoms with Crippen LogP contribution in [0.2, 0.25) is 0 Å². The van der Waals surface area contributed by atoms with Gasteiger partial charge in [0.2, 0.25) is 0 Å². The molecule has 0 saturated heterocycles. The highest BCUT2D eigenvalue weighted by Gasteiger charge is 2.17. The van der Waals surface area contributed by atoms with Gasteiger partial charge in [0.1, 0.15) is 5.82 Å². The smallest absolute Gasteiger partial charge is 0.153 e. The van der Waals surface area contributed by atoms with Gasteiger partial charge in [-0.05, 0) is 0 Å². The van der Waals surface area contributed by atoms with E-state index in [9.17, 15) is 4.79 Å². The molecule has 0 bridgehead atoms. The van der Waals surface area contributed by atoms with Crippen molar-refractivity contribution in [1.29, 1.82) is 0 Å². The second-order valence-corrected chi connectivity index (χ2v) is 4.07. The molecule has 0 unspecified atom stereocenters. The van der Waals surface area contributed by atoms with E-state index in [2.05, 4.69) is 4.98 Å². The molecule has 0 aliphatic carbocycles. The normalized spacial score (nSPS) is 14.9. The van der Waals surface area contributed by atoms with Gasteiger partial charge in [0.25, 0.3) is 0 Å². The summed E-state index contributed by atoms with van der Waals surface area (Å²) in [5, 5.41) is 0.